The van der Waals surface area contributed by atoms with E-state index in [2.05, 4.69) is 30.5 Å². The molecule has 0 spiro atoms. The van der Waals surface area contributed by atoms with Crippen LogP contribution in [-0.2, 0) is 4.74 Å². The van der Waals surface area contributed by atoms with Crippen LogP contribution in [0.5, 0.6) is 5.75 Å². The first-order chi connectivity index (χ1) is 10.6. The van der Waals surface area contributed by atoms with Crippen molar-refractivity contribution in [2.75, 3.05) is 26.3 Å². The summed E-state index contributed by atoms with van der Waals surface area (Å²) in [6.45, 7) is 6.61. The summed E-state index contributed by atoms with van der Waals surface area (Å²) >= 11 is 0. The molecule has 1 unspecified atom stereocenters. The number of rotatable bonds is 7. The van der Waals surface area contributed by atoms with Gasteiger partial charge >= 0.3 is 6.03 Å². The largest absolute Gasteiger partial charge is 0.492 e. The van der Waals surface area contributed by atoms with Gasteiger partial charge < -0.3 is 20.1 Å². The van der Waals surface area contributed by atoms with Crippen molar-refractivity contribution in [2.45, 2.75) is 38.7 Å². The van der Waals surface area contributed by atoms with Crippen molar-refractivity contribution < 1.29 is 14.3 Å². The molecule has 22 heavy (non-hydrogen) atoms. The van der Waals surface area contributed by atoms with Gasteiger partial charge in [-0.3, -0.25) is 0 Å². The molecule has 0 radical (unpaired) electrons. The van der Waals surface area contributed by atoms with Gasteiger partial charge in [0.15, 0.2) is 0 Å². The van der Waals surface area contributed by atoms with Crippen LogP contribution >= 0.6 is 0 Å². The number of nitrogens with one attached hydrogen (secondary N) is 2. The fourth-order valence-electron chi connectivity index (χ4n) is 2.37. The second-order valence-electron chi connectivity index (χ2n) is 5.85. The van der Waals surface area contributed by atoms with Crippen LogP contribution in [0.2, 0.25) is 0 Å². The van der Waals surface area contributed by atoms with Crippen molar-refractivity contribution >= 4 is 6.03 Å². The first-order valence-corrected chi connectivity index (χ1v) is 8.01. The standard InChI is InChI=1S/C17H26N2O3/c1-13(2)14-5-3-6-15(11-14)22-10-8-18-17(20)19-12-16-7-4-9-21-16/h3,5-6,11,13,16H,4,7-10,12H2,1-2H3,(H2,18,19,20). The van der Waals surface area contributed by atoms with E-state index in [0.717, 1.165) is 25.2 Å². The third-order valence-electron chi connectivity index (χ3n) is 3.70. The van der Waals surface area contributed by atoms with Gasteiger partial charge in [-0.25, -0.2) is 4.79 Å². The van der Waals surface area contributed by atoms with Gasteiger partial charge in [0.05, 0.1) is 12.6 Å². The van der Waals surface area contributed by atoms with E-state index in [1.54, 1.807) is 0 Å². The lowest BCUT2D eigenvalue weighted by molar-refractivity contribution is 0.111. The molecule has 0 aliphatic carbocycles. The molecule has 122 valence electrons. The maximum atomic E-state index is 11.6. The van der Waals surface area contributed by atoms with Gasteiger partial charge in [0, 0.05) is 13.2 Å². The lowest BCUT2D eigenvalue weighted by Crippen LogP contribution is -2.41. The molecule has 1 heterocycles. The molecule has 1 saturated heterocycles. The summed E-state index contributed by atoms with van der Waals surface area (Å²) in [6, 6.07) is 7.89. The normalized spacial score (nSPS) is 17.5. The topological polar surface area (TPSA) is 59.6 Å². The second-order valence-corrected chi connectivity index (χ2v) is 5.85. The molecule has 1 atom stereocenters. The lowest BCUT2D eigenvalue weighted by Gasteiger charge is -2.12. The Balaban J connectivity index is 1.60. The van der Waals surface area contributed by atoms with E-state index in [-0.39, 0.29) is 12.1 Å². The highest BCUT2D eigenvalue weighted by molar-refractivity contribution is 5.73. The maximum absolute atomic E-state index is 11.6. The molecule has 0 aromatic heterocycles. The third kappa shape index (κ3) is 5.56. The Labute approximate surface area is 132 Å². The van der Waals surface area contributed by atoms with Gasteiger partial charge in [-0.05, 0) is 36.5 Å². The number of benzene rings is 1. The quantitative estimate of drug-likeness (QED) is 0.761. The first-order valence-electron chi connectivity index (χ1n) is 8.01. The molecule has 0 bridgehead atoms. The van der Waals surface area contributed by atoms with Gasteiger partial charge in [-0.1, -0.05) is 26.0 Å². The van der Waals surface area contributed by atoms with E-state index in [9.17, 15) is 4.79 Å². The van der Waals surface area contributed by atoms with Crippen LogP contribution in [0.25, 0.3) is 0 Å². The zero-order chi connectivity index (χ0) is 15.8. The Hall–Kier alpha value is -1.75. The van der Waals surface area contributed by atoms with Crippen LogP contribution in [-0.4, -0.2) is 38.4 Å². The van der Waals surface area contributed by atoms with Gasteiger partial charge in [0.2, 0.25) is 0 Å². The van der Waals surface area contributed by atoms with Crippen molar-refractivity contribution in [3.8, 4) is 5.75 Å². The molecular formula is C17H26N2O3. The van der Waals surface area contributed by atoms with Gasteiger partial charge in [-0.15, -0.1) is 0 Å². The fraction of sp³-hybridized carbons (Fsp3) is 0.588. The molecule has 1 aliphatic heterocycles. The number of amides is 2. The zero-order valence-corrected chi connectivity index (χ0v) is 13.4. The van der Waals surface area contributed by atoms with Crippen LogP contribution in [0.4, 0.5) is 4.79 Å². The summed E-state index contributed by atoms with van der Waals surface area (Å²) in [5.74, 6) is 1.32. The minimum absolute atomic E-state index is 0.167. The molecular weight excluding hydrogens is 280 g/mol. The fourth-order valence-corrected chi connectivity index (χ4v) is 2.37. The van der Waals surface area contributed by atoms with E-state index < -0.39 is 0 Å². The van der Waals surface area contributed by atoms with E-state index in [0.29, 0.717) is 25.6 Å². The lowest BCUT2D eigenvalue weighted by atomic mass is 10.0. The second kappa shape index (κ2) is 8.63. The molecule has 1 aromatic carbocycles. The van der Waals surface area contributed by atoms with Gasteiger partial charge in [0.25, 0.3) is 0 Å². The van der Waals surface area contributed by atoms with Crippen molar-refractivity contribution in [3.63, 3.8) is 0 Å². The molecule has 1 aliphatic rings. The first kappa shape index (κ1) is 16.6. The number of ether oxygens (including phenoxy) is 2. The van der Waals surface area contributed by atoms with Crippen LogP contribution in [0.3, 0.4) is 0 Å². The molecule has 0 saturated carbocycles. The summed E-state index contributed by atoms with van der Waals surface area (Å²) in [6.07, 6.45) is 2.27. The summed E-state index contributed by atoms with van der Waals surface area (Å²) in [7, 11) is 0. The van der Waals surface area contributed by atoms with Crippen LogP contribution in [0, 0.1) is 0 Å². The van der Waals surface area contributed by atoms with Crippen molar-refractivity contribution in [3.05, 3.63) is 29.8 Å². The molecule has 5 nitrogen and oxygen atoms in total. The average Bonchev–Trinajstić information content (AvgIpc) is 3.03. The number of carbonyl (C=O) groups is 1. The highest BCUT2D eigenvalue weighted by Gasteiger charge is 2.15. The number of hydrogen-bond acceptors (Lipinski definition) is 3. The van der Waals surface area contributed by atoms with Gasteiger partial charge in [-0.2, -0.15) is 0 Å². The summed E-state index contributed by atoms with van der Waals surface area (Å²) in [5, 5.41) is 5.60. The van der Waals surface area contributed by atoms with Crippen molar-refractivity contribution in [1.82, 2.24) is 10.6 Å². The molecule has 5 heteroatoms. The molecule has 2 rings (SSSR count). The number of urea groups is 1. The van der Waals surface area contributed by atoms with Crippen LogP contribution < -0.4 is 15.4 Å². The van der Waals surface area contributed by atoms with Crippen LogP contribution in [0.15, 0.2) is 24.3 Å². The van der Waals surface area contributed by atoms with Crippen molar-refractivity contribution in [2.24, 2.45) is 0 Å². The molecule has 1 aromatic rings. The van der Waals surface area contributed by atoms with Crippen LogP contribution in [0.1, 0.15) is 38.2 Å². The Morgan fingerprint density at radius 2 is 2.27 bits per heavy atom. The predicted octanol–water partition coefficient (Wildman–Crippen LogP) is 2.67. The SMILES string of the molecule is CC(C)c1cccc(OCCNC(=O)NCC2CCCO2)c1. The molecule has 2 N–H and O–H groups in total. The highest BCUT2D eigenvalue weighted by atomic mass is 16.5. The van der Waals surface area contributed by atoms with E-state index >= 15 is 0 Å². The minimum atomic E-state index is -0.171. The smallest absolute Gasteiger partial charge is 0.315 e. The number of carbonyl (C=O) groups excluding carboxylic acids is 1. The highest BCUT2D eigenvalue weighted by Crippen LogP contribution is 2.19. The Bertz CT molecular complexity index is 471. The monoisotopic (exact) mass is 306 g/mol. The summed E-state index contributed by atoms with van der Waals surface area (Å²) in [5.41, 5.74) is 1.25. The Kier molecular flexibility index (Phi) is 6.52. The zero-order valence-electron chi connectivity index (χ0n) is 13.4. The van der Waals surface area contributed by atoms with E-state index in [4.69, 9.17) is 9.47 Å². The Morgan fingerprint density at radius 3 is 3.00 bits per heavy atom. The van der Waals surface area contributed by atoms with Gasteiger partial charge in [0.1, 0.15) is 12.4 Å². The molecule has 2 amide bonds. The predicted molar refractivity (Wildman–Crippen MR) is 86.4 cm³/mol. The van der Waals surface area contributed by atoms with E-state index in [1.807, 2.05) is 18.2 Å². The maximum Gasteiger partial charge on any atom is 0.315 e. The van der Waals surface area contributed by atoms with Crippen molar-refractivity contribution in [1.29, 1.82) is 0 Å². The molecule has 1 fully saturated rings. The summed E-state index contributed by atoms with van der Waals surface area (Å²) < 4.78 is 11.1. The van der Waals surface area contributed by atoms with E-state index in [1.165, 1.54) is 5.56 Å². The minimum Gasteiger partial charge on any atom is -0.492 e. The average molecular weight is 306 g/mol. The summed E-state index contributed by atoms with van der Waals surface area (Å²) in [4.78, 5) is 11.6. The number of hydrogen-bond donors (Lipinski definition) is 2. The third-order valence-corrected chi connectivity index (χ3v) is 3.70. The Morgan fingerprint density at radius 1 is 1.41 bits per heavy atom.